The summed E-state index contributed by atoms with van der Waals surface area (Å²) >= 11 is 0. The van der Waals surface area contributed by atoms with Gasteiger partial charge in [-0.25, -0.2) is 0 Å². The summed E-state index contributed by atoms with van der Waals surface area (Å²) < 4.78 is 81.6. The molecular weight excluding hydrogens is 496 g/mol. The summed E-state index contributed by atoms with van der Waals surface area (Å²) in [5.41, 5.74) is -5.03. The van der Waals surface area contributed by atoms with Gasteiger partial charge in [0.1, 0.15) is 0 Å². The molecule has 0 aliphatic carbocycles. The largest absolute Gasteiger partial charge is 0.422 e. The zero-order valence-electron chi connectivity index (χ0n) is 19.2. The minimum absolute atomic E-state index is 0.0559. The number of fused-ring (bicyclic) bond motifs is 1. The van der Waals surface area contributed by atoms with Crippen LogP contribution in [0.3, 0.4) is 0 Å². The van der Waals surface area contributed by atoms with Gasteiger partial charge in [-0.15, -0.1) is 0 Å². The molecule has 0 spiro atoms. The zero-order chi connectivity index (χ0) is 26.6. The van der Waals surface area contributed by atoms with Gasteiger partial charge in [0.2, 0.25) is 5.91 Å². The Labute approximate surface area is 201 Å². The highest BCUT2D eigenvalue weighted by molar-refractivity contribution is 5.96. The summed E-state index contributed by atoms with van der Waals surface area (Å²) in [6.07, 6.45) is -10.5. The van der Waals surface area contributed by atoms with Crippen LogP contribution in [0.2, 0.25) is 0 Å². The van der Waals surface area contributed by atoms with Crippen molar-refractivity contribution in [1.29, 1.82) is 0 Å². The fourth-order valence-electron chi connectivity index (χ4n) is 4.72. The van der Waals surface area contributed by atoms with Crippen LogP contribution in [0.25, 0.3) is 0 Å². The second-order valence-electron chi connectivity index (χ2n) is 9.13. The number of amides is 2. The van der Waals surface area contributed by atoms with Gasteiger partial charge in [-0.05, 0) is 31.0 Å². The van der Waals surface area contributed by atoms with Crippen LogP contribution in [-0.4, -0.2) is 65.4 Å². The Morgan fingerprint density at radius 1 is 1.17 bits per heavy atom. The number of hydrogen-bond donors (Lipinski definition) is 3. The lowest BCUT2D eigenvalue weighted by molar-refractivity contribution is -0.267. The number of aromatic nitrogens is 2. The lowest BCUT2D eigenvalue weighted by Gasteiger charge is -2.37. The molecule has 1 aromatic heterocycles. The molecule has 2 aliphatic rings. The molecule has 0 bridgehead atoms. The summed E-state index contributed by atoms with van der Waals surface area (Å²) in [6, 6.07) is 3.27. The monoisotopic (exact) mass is 519 g/mol. The number of carbonyl (C=O) groups is 2. The maximum absolute atomic E-state index is 13.8. The topological polar surface area (TPSA) is 102 Å². The second kappa shape index (κ2) is 8.68. The first-order valence-electron chi connectivity index (χ1n) is 11.0. The number of H-pyrrole nitrogens is 1. The van der Waals surface area contributed by atoms with Gasteiger partial charge in [-0.3, -0.25) is 14.7 Å². The predicted octanol–water partition coefficient (Wildman–Crippen LogP) is 3.61. The minimum Gasteiger partial charge on any atom is -0.376 e. The van der Waals surface area contributed by atoms with Crippen molar-refractivity contribution in [3.63, 3.8) is 0 Å². The van der Waals surface area contributed by atoms with Crippen LogP contribution in [0.4, 0.5) is 37.8 Å². The van der Waals surface area contributed by atoms with Gasteiger partial charge in [-0.1, -0.05) is 0 Å². The van der Waals surface area contributed by atoms with Gasteiger partial charge in [0.15, 0.2) is 11.4 Å². The third kappa shape index (κ3) is 4.38. The molecule has 1 atom stereocenters. The van der Waals surface area contributed by atoms with Crippen LogP contribution in [0.15, 0.2) is 18.2 Å². The van der Waals surface area contributed by atoms with Gasteiger partial charge in [0, 0.05) is 44.5 Å². The molecule has 14 heteroatoms. The number of anilines is 2. The number of hydrogen-bond acceptors (Lipinski definition) is 5. The smallest absolute Gasteiger partial charge is 0.376 e. The van der Waals surface area contributed by atoms with E-state index in [9.17, 15) is 41.0 Å². The standard InChI is InChI=1S/C22H23F6N5O3/c1-32(2)19(35)13-9-12(3-4-14(13)21(23,24)25)33-7-5-11(6-8-33)17-16-18(31-30-17)29-15(34)10-20(16,36)22(26,27)28/h3-4,9,11,36H,5-8,10H2,1-2H3,(H2,29,30,31,34). The summed E-state index contributed by atoms with van der Waals surface area (Å²) in [4.78, 5) is 26.9. The SMILES string of the molecule is CN(C)C(=O)c1cc(N2CCC(c3[nH]nc4c3C(O)(C(F)(F)F)CC(=O)N4)CC2)ccc1C(F)(F)F. The number of piperidine rings is 1. The number of benzene rings is 1. The van der Waals surface area contributed by atoms with Crippen LogP contribution in [0, 0.1) is 0 Å². The van der Waals surface area contributed by atoms with E-state index < -0.39 is 58.8 Å². The van der Waals surface area contributed by atoms with E-state index in [1.165, 1.54) is 26.2 Å². The van der Waals surface area contributed by atoms with Crippen molar-refractivity contribution in [3.8, 4) is 0 Å². The van der Waals surface area contributed by atoms with Crippen LogP contribution in [0.5, 0.6) is 0 Å². The fourth-order valence-corrected chi connectivity index (χ4v) is 4.72. The first kappa shape index (κ1) is 25.8. The summed E-state index contributed by atoms with van der Waals surface area (Å²) in [6.45, 7) is 0.520. The molecule has 2 aliphatic heterocycles. The third-order valence-corrected chi connectivity index (χ3v) is 6.56. The molecule has 0 radical (unpaired) electrons. The molecule has 2 aromatic rings. The van der Waals surface area contributed by atoms with Crippen LogP contribution in [-0.2, 0) is 16.6 Å². The van der Waals surface area contributed by atoms with Crippen molar-refractivity contribution in [2.24, 2.45) is 0 Å². The average Bonchev–Trinajstić information content (AvgIpc) is 3.21. The molecule has 2 amide bonds. The molecule has 196 valence electrons. The number of nitrogens with zero attached hydrogens (tertiary/aromatic N) is 3. The van der Waals surface area contributed by atoms with Gasteiger partial charge < -0.3 is 20.2 Å². The maximum atomic E-state index is 13.8. The Morgan fingerprint density at radius 3 is 2.36 bits per heavy atom. The summed E-state index contributed by atoms with van der Waals surface area (Å²) in [5.74, 6) is -2.69. The first-order valence-corrected chi connectivity index (χ1v) is 11.0. The van der Waals surface area contributed by atoms with E-state index in [0.29, 0.717) is 5.69 Å². The van der Waals surface area contributed by atoms with Crippen molar-refractivity contribution in [2.75, 3.05) is 37.4 Å². The Balaban J connectivity index is 1.59. The zero-order valence-corrected chi connectivity index (χ0v) is 19.2. The number of halogens is 6. The molecule has 1 saturated heterocycles. The van der Waals surface area contributed by atoms with E-state index in [1.54, 1.807) is 4.90 Å². The highest BCUT2D eigenvalue weighted by atomic mass is 19.4. The van der Waals surface area contributed by atoms with Crippen molar-refractivity contribution < 1.29 is 41.0 Å². The number of carbonyl (C=O) groups excluding carboxylic acids is 2. The Kier molecular flexibility index (Phi) is 6.22. The van der Waals surface area contributed by atoms with E-state index in [-0.39, 0.29) is 37.4 Å². The molecule has 36 heavy (non-hydrogen) atoms. The second-order valence-corrected chi connectivity index (χ2v) is 9.13. The number of rotatable bonds is 3. The van der Waals surface area contributed by atoms with E-state index in [1.807, 2.05) is 0 Å². The molecule has 1 unspecified atom stereocenters. The van der Waals surface area contributed by atoms with E-state index >= 15 is 0 Å². The molecular formula is C22H23F6N5O3. The first-order chi connectivity index (χ1) is 16.6. The maximum Gasteiger partial charge on any atom is 0.422 e. The lowest BCUT2D eigenvalue weighted by Crippen LogP contribution is -2.48. The summed E-state index contributed by atoms with van der Waals surface area (Å²) in [7, 11) is 2.69. The number of aliphatic hydroxyl groups is 1. The Morgan fingerprint density at radius 2 is 1.81 bits per heavy atom. The third-order valence-electron chi connectivity index (χ3n) is 6.56. The predicted molar refractivity (Wildman–Crippen MR) is 115 cm³/mol. The van der Waals surface area contributed by atoms with E-state index in [4.69, 9.17) is 0 Å². The highest BCUT2D eigenvalue weighted by Gasteiger charge is 2.61. The minimum atomic E-state index is -5.12. The van der Waals surface area contributed by atoms with Crippen molar-refractivity contribution in [1.82, 2.24) is 15.1 Å². The van der Waals surface area contributed by atoms with Crippen molar-refractivity contribution in [2.45, 2.75) is 43.1 Å². The lowest BCUT2D eigenvalue weighted by atomic mass is 9.81. The number of alkyl halides is 6. The molecule has 1 fully saturated rings. The molecule has 1 aromatic carbocycles. The normalized spacial score (nSPS) is 21.2. The Bertz CT molecular complexity index is 1180. The number of aromatic amines is 1. The van der Waals surface area contributed by atoms with E-state index in [2.05, 4.69) is 15.5 Å². The van der Waals surface area contributed by atoms with Crippen molar-refractivity contribution >= 4 is 23.3 Å². The molecule has 8 nitrogen and oxygen atoms in total. The van der Waals surface area contributed by atoms with E-state index in [0.717, 1.165) is 11.0 Å². The van der Waals surface area contributed by atoms with Gasteiger partial charge in [0.05, 0.1) is 23.1 Å². The highest BCUT2D eigenvalue weighted by Crippen LogP contribution is 2.50. The molecule has 3 heterocycles. The average molecular weight is 519 g/mol. The summed E-state index contributed by atoms with van der Waals surface area (Å²) in [5, 5.41) is 19.0. The van der Waals surface area contributed by atoms with Crippen LogP contribution in [0.1, 0.15) is 52.4 Å². The molecule has 4 rings (SSSR count). The molecule has 3 N–H and O–H groups in total. The fraction of sp³-hybridized carbons (Fsp3) is 0.500. The molecule has 0 saturated carbocycles. The van der Waals surface area contributed by atoms with Crippen LogP contribution < -0.4 is 10.2 Å². The Hall–Kier alpha value is -3.29. The number of nitrogens with one attached hydrogen (secondary N) is 2. The van der Waals surface area contributed by atoms with Gasteiger partial charge in [0.25, 0.3) is 5.91 Å². The van der Waals surface area contributed by atoms with Gasteiger partial charge >= 0.3 is 12.4 Å². The van der Waals surface area contributed by atoms with Gasteiger partial charge in [-0.2, -0.15) is 31.4 Å². The van der Waals surface area contributed by atoms with Crippen molar-refractivity contribution in [3.05, 3.63) is 40.6 Å². The quantitative estimate of drug-likeness (QED) is 0.538. The van der Waals surface area contributed by atoms with Crippen LogP contribution >= 0.6 is 0 Å².